The summed E-state index contributed by atoms with van der Waals surface area (Å²) in [6.07, 6.45) is 9.64. The van der Waals surface area contributed by atoms with Gasteiger partial charge in [-0.15, -0.1) is 0 Å². The van der Waals surface area contributed by atoms with Gasteiger partial charge >= 0.3 is 5.69 Å². The highest BCUT2D eigenvalue weighted by atomic mass is 16.6. The van der Waals surface area contributed by atoms with Crippen molar-refractivity contribution in [2.45, 2.75) is 40.0 Å². The maximum atomic E-state index is 12.1. The third-order valence-corrected chi connectivity index (χ3v) is 4.59. The lowest BCUT2D eigenvalue weighted by Gasteiger charge is -2.32. The second kappa shape index (κ2) is 7.47. The molecular formula is C20H23NO4. The molecule has 0 heterocycles. The summed E-state index contributed by atoms with van der Waals surface area (Å²) in [6.45, 7) is 6.48. The number of carbonyl (C=O) groups excluding carboxylic acids is 1. The fraction of sp³-hybridized carbons (Fsp3) is 0.350. The highest BCUT2D eigenvalue weighted by molar-refractivity contribution is 6.02. The Morgan fingerprint density at radius 1 is 1.28 bits per heavy atom. The van der Waals surface area contributed by atoms with Crippen LogP contribution in [-0.4, -0.2) is 15.8 Å². The number of phenols is 1. The Kier molecular flexibility index (Phi) is 5.57. The van der Waals surface area contributed by atoms with Gasteiger partial charge in [-0.05, 0) is 61.0 Å². The van der Waals surface area contributed by atoms with Gasteiger partial charge in [-0.1, -0.05) is 37.6 Å². The van der Waals surface area contributed by atoms with E-state index in [4.69, 9.17) is 0 Å². The first-order valence-electron chi connectivity index (χ1n) is 8.28. The number of nitrogens with zero attached hydrogens (tertiary/aromatic N) is 1. The summed E-state index contributed by atoms with van der Waals surface area (Å²) in [5.74, 6) is -0.576. The number of nitro benzene ring substituents is 1. The van der Waals surface area contributed by atoms with Crippen molar-refractivity contribution in [3.63, 3.8) is 0 Å². The number of benzene rings is 1. The highest BCUT2D eigenvalue weighted by Gasteiger charge is 2.26. The van der Waals surface area contributed by atoms with Crippen LogP contribution < -0.4 is 0 Å². The normalized spacial score (nSPS) is 17.4. The van der Waals surface area contributed by atoms with Crippen LogP contribution in [0.25, 0.3) is 6.08 Å². The van der Waals surface area contributed by atoms with E-state index in [1.807, 2.05) is 6.08 Å². The molecule has 2 rings (SSSR count). The third kappa shape index (κ3) is 4.66. The molecule has 25 heavy (non-hydrogen) atoms. The number of hydrogen-bond donors (Lipinski definition) is 1. The minimum atomic E-state index is -0.658. The summed E-state index contributed by atoms with van der Waals surface area (Å²) in [5.41, 5.74) is 2.70. The molecule has 0 bridgehead atoms. The lowest BCUT2D eigenvalue weighted by atomic mass is 9.72. The Morgan fingerprint density at radius 3 is 2.60 bits per heavy atom. The largest absolute Gasteiger partial charge is 0.502 e. The van der Waals surface area contributed by atoms with Gasteiger partial charge in [-0.3, -0.25) is 14.9 Å². The molecule has 0 aliphatic heterocycles. The number of nitro groups is 1. The lowest BCUT2D eigenvalue weighted by Crippen LogP contribution is -2.19. The number of aromatic hydroxyl groups is 1. The molecule has 0 unspecified atom stereocenters. The molecule has 0 amide bonds. The van der Waals surface area contributed by atoms with Crippen LogP contribution in [0.2, 0.25) is 0 Å². The number of rotatable bonds is 5. The van der Waals surface area contributed by atoms with E-state index in [2.05, 4.69) is 20.8 Å². The van der Waals surface area contributed by atoms with E-state index in [1.165, 1.54) is 54.0 Å². The van der Waals surface area contributed by atoms with Gasteiger partial charge in [0.2, 0.25) is 0 Å². The molecule has 0 radical (unpaired) electrons. The van der Waals surface area contributed by atoms with Crippen molar-refractivity contribution in [2.75, 3.05) is 0 Å². The Morgan fingerprint density at radius 2 is 1.96 bits per heavy atom. The predicted molar refractivity (Wildman–Crippen MR) is 98.3 cm³/mol. The molecule has 0 spiro atoms. The quantitative estimate of drug-likeness (QED) is 0.466. The number of hydrogen-bond acceptors (Lipinski definition) is 4. The molecule has 5 nitrogen and oxygen atoms in total. The Balaban J connectivity index is 2.14. The van der Waals surface area contributed by atoms with Crippen molar-refractivity contribution in [2.24, 2.45) is 5.41 Å². The van der Waals surface area contributed by atoms with Crippen molar-refractivity contribution in [1.82, 2.24) is 0 Å². The zero-order valence-electron chi connectivity index (χ0n) is 14.8. The minimum Gasteiger partial charge on any atom is -0.502 e. The van der Waals surface area contributed by atoms with Gasteiger partial charge in [0.05, 0.1) is 4.92 Å². The Hall–Kier alpha value is -2.69. The molecule has 132 valence electrons. The lowest BCUT2D eigenvalue weighted by molar-refractivity contribution is -0.385. The Labute approximate surface area is 147 Å². The SMILES string of the molecule is CC1=C(/C=C/C(=O)/C=C/c2ccc(O)c([N+](=O)[O-])c2)C(C)(C)CCC1. The van der Waals surface area contributed by atoms with E-state index >= 15 is 0 Å². The molecule has 0 saturated heterocycles. The fourth-order valence-electron chi connectivity index (χ4n) is 3.20. The molecule has 0 saturated carbocycles. The van der Waals surface area contributed by atoms with Gasteiger partial charge in [-0.25, -0.2) is 0 Å². The van der Waals surface area contributed by atoms with Crippen molar-refractivity contribution in [3.05, 3.63) is 63.3 Å². The summed E-state index contributed by atoms with van der Waals surface area (Å²) in [7, 11) is 0. The van der Waals surface area contributed by atoms with E-state index < -0.39 is 10.7 Å². The monoisotopic (exact) mass is 341 g/mol. The molecule has 1 aromatic carbocycles. The first-order chi connectivity index (χ1) is 11.7. The average molecular weight is 341 g/mol. The van der Waals surface area contributed by atoms with Gasteiger partial charge in [0.15, 0.2) is 11.5 Å². The summed E-state index contributed by atoms with van der Waals surface area (Å²) in [6, 6.07) is 4.00. The van der Waals surface area contributed by atoms with Crippen LogP contribution in [0.3, 0.4) is 0 Å². The van der Waals surface area contributed by atoms with Crippen molar-refractivity contribution >= 4 is 17.5 Å². The van der Waals surface area contributed by atoms with Crippen LogP contribution in [0.5, 0.6) is 5.75 Å². The molecule has 1 N–H and O–H groups in total. The zero-order chi connectivity index (χ0) is 18.6. The second-order valence-electron chi connectivity index (χ2n) is 7.01. The van der Waals surface area contributed by atoms with Crippen molar-refractivity contribution in [3.8, 4) is 5.75 Å². The van der Waals surface area contributed by atoms with Crippen LogP contribution in [0, 0.1) is 15.5 Å². The van der Waals surface area contributed by atoms with E-state index in [0.29, 0.717) is 5.56 Å². The number of phenolic OH excluding ortho intramolecular Hbond substituents is 1. The van der Waals surface area contributed by atoms with Gasteiger partial charge < -0.3 is 5.11 Å². The molecule has 0 aromatic heterocycles. The van der Waals surface area contributed by atoms with Crippen LogP contribution >= 0.6 is 0 Å². The summed E-state index contributed by atoms with van der Waals surface area (Å²) >= 11 is 0. The van der Waals surface area contributed by atoms with Crippen LogP contribution in [0.1, 0.15) is 45.6 Å². The van der Waals surface area contributed by atoms with E-state index in [0.717, 1.165) is 12.8 Å². The van der Waals surface area contributed by atoms with Crippen LogP contribution in [-0.2, 0) is 4.79 Å². The maximum absolute atomic E-state index is 12.1. The van der Waals surface area contributed by atoms with Crippen LogP contribution in [0.4, 0.5) is 5.69 Å². The van der Waals surface area contributed by atoms with E-state index in [9.17, 15) is 20.0 Å². The van der Waals surface area contributed by atoms with Crippen molar-refractivity contribution < 1.29 is 14.8 Å². The summed E-state index contributed by atoms with van der Waals surface area (Å²) < 4.78 is 0. The van der Waals surface area contributed by atoms with E-state index in [1.54, 1.807) is 0 Å². The van der Waals surface area contributed by atoms with Crippen molar-refractivity contribution in [1.29, 1.82) is 0 Å². The third-order valence-electron chi connectivity index (χ3n) is 4.59. The Bertz CT molecular complexity index is 785. The topological polar surface area (TPSA) is 80.4 Å². The van der Waals surface area contributed by atoms with Gasteiger partial charge in [0.1, 0.15) is 0 Å². The molecular weight excluding hydrogens is 318 g/mol. The average Bonchev–Trinajstić information content (AvgIpc) is 2.52. The molecule has 1 aliphatic carbocycles. The molecule has 0 atom stereocenters. The van der Waals surface area contributed by atoms with E-state index in [-0.39, 0.29) is 16.9 Å². The predicted octanol–water partition coefficient (Wildman–Crippen LogP) is 4.97. The minimum absolute atomic E-state index is 0.0698. The molecule has 1 aliphatic rings. The first kappa shape index (κ1) is 18.6. The van der Waals surface area contributed by atoms with Gasteiger partial charge in [0, 0.05) is 6.07 Å². The molecule has 5 heteroatoms. The van der Waals surface area contributed by atoms with Gasteiger partial charge in [-0.2, -0.15) is 0 Å². The summed E-state index contributed by atoms with van der Waals surface area (Å²) in [4.78, 5) is 22.2. The molecule has 1 aromatic rings. The smallest absolute Gasteiger partial charge is 0.311 e. The fourth-order valence-corrected chi connectivity index (χ4v) is 3.20. The number of allylic oxidation sites excluding steroid dienone is 5. The maximum Gasteiger partial charge on any atom is 0.311 e. The highest BCUT2D eigenvalue weighted by Crippen LogP contribution is 2.40. The van der Waals surface area contributed by atoms with Gasteiger partial charge in [0.25, 0.3) is 0 Å². The molecule has 0 fully saturated rings. The second-order valence-corrected chi connectivity index (χ2v) is 7.01. The first-order valence-corrected chi connectivity index (χ1v) is 8.28. The standard InChI is InChI=1S/C20H23NO4/c1-14-5-4-12-20(2,3)17(14)10-9-16(22)8-6-15-7-11-19(23)18(13-15)21(24)25/h6-11,13,23H,4-5,12H2,1-3H3/b8-6+,10-9+. The van der Waals surface area contributed by atoms with Crippen LogP contribution in [0.15, 0.2) is 47.6 Å². The number of ketones is 1. The summed E-state index contributed by atoms with van der Waals surface area (Å²) in [5, 5.41) is 20.3. The number of carbonyl (C=O) groups is 1. The zero-order valence-corrected chi connectivity index (χ0v) is 14.8.